The highest BCUT2D eigenvalue weighted by Gasteiger charge is 2.45. The third-order valence-corrected chi connectivity index (χ3v) is 4.24. The van der Waals surface area contributed by atoms with E-state index in [1.54, 1.807) is 23.1 Å². The molecule has 2 aliphatic rings. The number of amides is 3. The maximum atomic E-state index is 12.5. The van der Waals surface area contributed by atoms with Gasteiger partial charge in [0.05, 0.1) is 5.69 Å². The largest absolute Gasteiger partial charge is 0.332 e. The first kappa shape index (κ1) is 13.7. The van der Waals surface area contributed by atoms with Gasteiger partial charge in [-0.25, -0.2) is 9.69 Å². The summed E-state index contributed by atoms with van der Waals surface area (Å²) in [6.45, 7) is 0.639. The minimum atomic E-state index is -0.331. The molecule has 3 amide bonds. The summed E-state index contributed by atoms with van der Waals surface area (Å²) >= 11 is 11.9. The number of carbonyl (C=O) groups is 2. The number of halogens is 2. The number of fused-ring (bicyclic) bond motifs is 1. The van der Waals surface area contributed by atoms with Gasteiger partial charge in [0.15, 0.2) is 0 Å². The number of anilines is 1. The Morgan fingerprint density at radius 1 is 1.00 bits per heavy atom. The summed E-state index contributed by atoms with van der Waals surface area (Å²) in [5.41, 5.74) is 0.450. The second-order valence-electron chi connectivity index (χ2n) is 5.14. The zero-order chi connectivity index (χ0) is 14.3. The SMILES string of the molecule is O=C1C2CCCCCN2C(=O)N1c1cc(Cl)cc(Cl)c1. The number of hydrogen-bond acceptors (Lipinski definition) is 2. The predicted octanol–water partition coefficient (Wildman–Crippen LogP) is 3.70. The summed E-state index contributed by atoms with van der Waals surface area (Å²) in [6.07, 6.45) is 3.72. The number of carbonyl (C=O) groups excluding carboxylic acids is 2. The minimum Gasteiger partial charge on any atom is -0.312 e. The van der Waals surface area contributed by atoms with Crippen LogP contribution in [0.2, 0.25) is 10.0 Å². The van der Waals surface area contributed by atoms with Crippen molar-refractivity contribution >= 4 is 40.8 Å². The molecule has 0 aliphatic carbocycles. The molecule has 0 N–H and O–H groups in total. The van der Waals surface area contributed by atoms with Gasteiger partial charge < -0.3 is 4.90 Å². The van der Waals surface area contributed by atoms with E-state index in [-0.39, 0.29) is 18.0 Å². The molecule has 1 aromatic carbocycles. The van der Waals surface area contributed by atoms with Gasteiger partial charge in [-0.15, -0.1) is 0 Å². The molecular weight excluding hydrogens is 299 g/mol. The van der Waals surface area contributed by atoms with Gasteiger partial charge in [0.2, 0.25) is 0 Å². The Morgan fingerprint density at radius 2 is 1.70 bits per heavy atom. The third kappa shape index (κ3) is 2.27. The van der Waals surface area contributed by atoms with Crippen LogP contribution in [0.5, 0.6) is 0 Å². The summed E-state index contributed by atoms with van der Waals surface area (Å²) in [6, 6.07) is 4.17. The highest BCUT2D eigenvalue weighted by atomic mass is 35.5. The van der Waals surface area contributed by atoms with Crippen LogP contribution in [0.1, 0.15) is 25.7 Å². The smallest absolute Gasteiger partial charge is 0.312 e. The van der Waals surface area contributed by atoms with Crippen molar-refractivity contribution in [1.29, 1.82) is 0 Å². The third-order valence-electron chi connectivity index (χ3n) is 3.80. The van der Waals surface area contributed by atoms with Crippen molar-refractivity contribution in [2.45, 2.75) is 31.7 Å². The van der Waals surface area contributed by atoms with Crippen molar-refractivity contribution in [2.75, 3.05) is 11.4 Å². The molecule has 0 spiro atoms. The zero-order valence-electron chi connectivity index (χ0n) is 10.8. The van der Waals surface area contributed by atoms with E-state index < -0.39 is 0 Å². The fourth-order valence-electron chi connectivity index (χ4n) is 2.87. The van der Waals surface area contributed by atoms with Crippen molar-refractivity contribution in [1.82, 2.24) is 4.90 Å². The number of urea groups is 1. The number of nitrogens with zero attached hydrogens (tertiary/aromatic N) is 2. The van der Waals surface area contributed by atoms with Crippen LogP contribution in [0.3, 0.4) is 0 Å². The van der Waals surface area contributed by atoms with Crippen molar-refractivity contribution in [3.05, 3.63) is 28.2 Å². The molecule has 2 saturated heterocycles. The van der Waals surface area contributed by atoms with Crippen LogP contribution in [-0.4, -0.2) is 29.4 Å². The molecule has 0 radical (unpaired) electrons. The van der Waals surface area contributed by atoms with Crippen molar-refractivity contribution in [3.8, 4) is 0 Å². The van der Waals surface area contributed by atoms with E-state index in [0.29, 0.717) is 22.3 Å². The molecule has 106 valence electrons. The average molecular weight is 313 g/mol. The van der Waals surface area contributed by atoms with Crippen LogP contribution in [0, 0.1) is 0 Å². The summed E-state index contributed by atoms with van der Waals surface area (Å²) in [7, 11) is 0. The maximum absolute atomic E-state index is 12.5. The van der Waals surface area contributed by atoms with Crippen molar-refractivity contribution in [3.63, 3.8) is 0 Å². The van der Waals surface area contributed by atoms with E-state index in [1.165, 1.54) is 4.90 Å². The summed E-state index contributed by atoms with van der Waals surface area (Å²) in [5.74, 6) is -0.171. The fourth-order valence-corrected chi connectivity index (χ4v) is 3.39. The molecule has 0 saturated carbocycles. The Labute approximate surface area is 127 Å². The van der Waals surface area contributed by atoms with Gasteiger partial charge in [-0.1, -0.05) is 36.0 Å². The summed E-state index contributed by atoms with van der Waals surface area (Å²) < 4.78 is 0. The van der Waals surface area contributed by atoms with E-state index in [9.17, 15) is 9.59 Å². The van der Waals surface area contributed by atoms with Gasteiger partial charge in [0.1, 0.15) is 6.04 Å². The minimum absolute atomic E-state index is 0.171. The number of imide groups is 1. The van der Waals surface area contributed by atoms with Crippen LogP contribution in [0.15, 0.2) is 18.2 Å². The molecule has 20 heavy (non-hydrogen) atoms. The Balaban J connectivity index is 1.98. The van der Waals surface area contributed by atoms with Gasteiger partial charge in [0.25, 0.3) is 5.91 Å². The molecule has 1 aromatic rings. The first-order chi connectivity index (χ1) is 9.58. The highest BCUT2D eigenvalue weighted by Crippen LogP contribution is 2.33. The van der Waals surface area contributed by atoms with Crippen LogP contribution < -0.4 is 4.90 Å². The van der Waals surface area contributed by atoms with Gasteiger partial charge in [-0.05, 0) is 31.0 Å². The Morgan fingerprint density at radius 3 is 2.40 bits per heavy atom. The molecule has 1 unspecified atom stereocenters. The van der Waals surface area contributed by atoms with Gasteiger partial charge >= 0.3 is 6.03 Å². The first-order valence-electron chi connectivity index (χ1n) is 6.68. The topological polar surface area (TPSA) is 40.6 Å². The number of rotatable bonds is 1. The monoisotopic (exact) mass is 312 g/mol. The summed E-state index contributed by atoms with van der Waals surface area (Å²) in [5, 5.41) is 0.824. The normalized spacial score (nSPS) is 23.0. The van der Waals surface area contributed by atoms with E-state index >= 15 is 0 Å². The van der Waals surface area contributed by atoms with Crippen LogP contribution in [-0.2, 0) is 4.79 Å². The molecular formula is C14H14Cl2N2O2. The molecule has 2 heterocycles. The van der Waals surface area contributed by atoms with Crippen LogP contribution in [0.4, 0.5) is 10.5 Å². The molecule has 0 bridgehead atoms. The first-order valence-corrected chi connectivity index (χ1v) is 7.44. The number of benzene rings is 1. The standard InChI is InChI=1S/C14H14Cl2N2O2/c15-9-6-10(16)8-11(7-9)18-13(19)12-4-2-1-3-5-17(12)14(18)20/h6-8,12H,1-5H2. The molecule has 0 aromatic heterocycles. The quantitative estimate of drug-likeness (QED) is 0.742. The van der Waals surface area contributed by atoms with Crippen molar-refractivity contribution < 1.29 is 9.59 Å². The number of hydrogen-bond donors (Lipinski definition) is 0. The lowest BCUT2D eigenvalue weighted by molar-refractivity contribution is -0.119. The second kappa shape index (κ2) is 5.26. The van der Waals surface area contributed by atoms with Crippen LogP contribution in [0.25, 0.3) is 0 Å². The lowest BCUT2D eigenvalue weighted by Crippen LogP contribution is -2.34. The molecule has 6 heteroatoms. The fraction of sp³-hybridized carbons (Fsp3) is 0.429. The Hall–Kier alpha value is -1.26. The van der Waals surface area contributed by atoms with Gasteiger partial charge in [-0.3, -0.25) is 4.79 Å². The molecule has 2 fully saturated rings. The van der Waals surface area contributed by atoms with Crippen LogP contribution >= 0.6 is 23.2 Å². The van der Waals surface area contributed by atoms with E-state index in [4.69, 9.17) is 23.2 Å². The van der Waals surface area contributed by atoms with Gasteiger partial charge in [0, 0.05) is 16.6 Å². The van der Waals surface area contributed by atoms with E-state index in [1.807, 2.05) is 0 Å². The molecule has 2 aliphatic heterocycles. The lowest BCUT2D eigenvalue weighted by atomic mass is 10.1. The lowest BCUT2D eigenvalue weighted by Gasteiger charge is -2.18. The second-order valence-corrected chi connectivity index (χ2v) is 6.02. The predicted molar refractivity (Wildman–Crippen MR) is 78.3 cm³/mol. The molecule has 4 nitrogen and oxygen atoms in total. The maximum Gasteiger partial charge on any atom is 0.332 e. The molecule has 1 atom stereocenters. The van der Waals surface area contributed by atoms with Crippen molar-refractivity contribution in [2.24, 2.45) is 0 Å². The van der Waals surface area contributed by atoms with E-state index in [2.05, 4.69) is 0 Å². The average Bonchev–Trinajstić information content (AvgIpc) is 2.57. The molecule has 3 rings (SSSR count). The Bertz CT molecular complexity index is 532. The highest BCUT2D eigenvalue weighted by molar-refractivity contribution is 6.35. The zero-order valence-corrected chi connectivity index (χ0v) is 12.3. The van der Waals surface area contributed by atoms with E-state index in [0.717, 1.165) is 25.7 Å². The Kier molecular flexibility index (Phi) is 3.61. The van der Waals surface area contributed by atoms with Gasteiger partial charge in [-0.2, -0.15) is 0 Å². The summed E-state index contributed by atoms with van der Waals surface area (Å²) in [4.78, 5) is 27.8.